The van der Waals surface area contributed by atoms with Crippen LogP contribution in [0.25, 0.3) is 11.0 Å². The van der Waals surface area contributed by atoms with Gasteiger partial charge in [-0.3, -0.25) is 0 Å². The third-order valence-corrected chi connectivity index (χ3v) is 3.43. The molecule has 98 valence electrons. The van der Waals surface area contributed by atoms with Crippen molar-refractivity contribution in [3.05, 3.63) is 29.1 Å². The number of imidazole rings is 1. The average Bonchev–Trinajstić information content (AvgIpc) is 2.59. The summed E-state index contributed by atoms with van der Waals surface area (Å²) >= 11 is 0. The highest BCUT2D eigenvalue weighted by Crippen LogP contribution is 2.31. The molecule has 0 atom stereocenters. The van der Waals surface area contributed by atoms with E-state index in [2.05, 4.69) is 65.6 Å². The summed E-state index contributed by atoms with van der Waals surface area (Å²) in [4.78, 5) is 8.25. The van der Waals surface area contributed by atoms with E-state index in [0.717, 1.165) is 16.9 Å². The van der Waals surface area contributed by atoms with Crippen molar-refractivity contribution in [1.29, 1.82) is 0 Å². The third-order valence-electron chi connectivity index (χ3n) is 3.43. The van der Waals surface area contributed by atoms with Gasteiger partial charge in [0.05, 0.1) is 11.0 Å². The highest BCUT2D eigenvalue weighted by Gasteiger charge is 2.22. The molecule has 2 rings (SSSR count). The zero-order valence-electron chi connectivity index (χ0n) is 12.6. The van der Waals surface area contributed by atoms with E-state index in [1.165, 1.54) is 11.1 Å². The SMILES string of the molecule is Cc1c(C(C)(C)C)ccc2[nH]c(C(C)(C)C)nc12. The minimum Gasteiger partial charge on any atom is -0.342 e. The molecule has 18 heavy (non-hydrogen) atoms. The highest BCUT2D eigenvalue weighted by molar-refractivity contribution is 5.80. The van der Waals surface area contributed by atoms with E-state index < -0.39 is 0 Å². The van der Waals surface area contributed by atoms with Crippen LogP contribution in [0, 0.1) is 6.92 Å². The standard InChI is InChI=1S/C16H24N2/c1-10-11(15(2,3)4)8-9-12-13(10)18-14(17-12)16(5,6)7/h8-9H,1-7H3,(H,17,18). The topological polar surface area (TPSA) is 28.7 Å². The molecule has 0 fully saturated rings. The quantitative estimate of drug-likeness (QED) is 0.728. The molecule has 2 aromatic rings. The third kappa shape index (κ3) is 2.16. The lowest BCUT2D eigenvalue weighted by Gasteiger charge is -2.21. The van der Waals surface area contributed by atoms with Crippen LogP contribution in [0.3, 0.4) is 0 Å². The lowest BCUT2D eigenvalue weighted by Crippen LogP contribution is -2.13. The van der Waals surface area contributed by atoms with Crippen molar-refractivity contribution in [3.8, 4) is 0 Å². The summed E-state index contributed by atoms with van der Waals surface area (Å²) in [6, 6.07) is 4.38. The fourth-order valence-electron chi connectivity index (χ4n) is 2.38. The van der Waals surface area contributed by atoms with Gasteiger partial charge >= 0.3 is 0 Å². The first kappa shape index (κ1) is 13.1. The molecule has 1 aromatic carbocycles. The van der Waals surface area contributed by atoms with Crippen LogP contribution in [0.1, 0.15) is 58.5 Å². The molecule has 1 heterocycles. The second kappa shape index (κ2) is 3.84. The monoisotopic (exact) mass is 244 g/mol. The van der Waals surface area contributed by atoms with Gasteiger partial charge in [0.15, 0.2) is 0 Å². The first-order valence-corrected chi connectivity index (χ1v) is 6.61. The molecule has 0 aliphatic carbocycles. The predicted molar refractivity (Wildman–Crippen MR) is 78.2 cm³/mol. The molecule has 1 aromatic heterocycles. The largest absolute Gasteiger partial charge is 0.342 e. The summed E-state index contributed by atoms with van der Waals surface area (Å²) in [5, 5.41) is 0. The maximum Gasteiger partial charge on any atom is 0.112 e. The molecule has 0 spiro atoms. The van der Waals surface area contributed by atoms with Gasteiger partial charge in [-0.2, -0.15) is 0 Å². The molecule has 0 saturated carbocycles. The molecule has 0 radical (unpaired) electrons. The predicted octanol–water partition coefficient (Wildman–Crippen LogP) is 4.47. The van der Waals surface area contributed by atoms with Crippen molar-refractivity contribution in [2.75, 3.05) is 0 Å². The molecule has 0 saturated heterocycles. The van der Waals surface area contributed by atoms with Crippen LogP contribution in [0.4, 0.5) is 0 Å². The molecular formula is C16H24N2. The van der Waals surface area contributed by atoms with Gasteiger partial charge in [-0.15, -0.1) is 0 Å². The molecule has 2 heteroatoms. The number of nitrogens with zero attached hydrogens (tertiary/aromatic N) is 1. The van der Waals surface area contributed by atoms with E-state index in [4.69, 9.17) is 4.98 Å². The Labute approximate surface area is 110 Å². The summed E-state index contributed by atoms with van der Waals surface area (Å²) < 4.78 is 0. The van der Waals surface area contributed by atoms with E-state index >= 15 is 0 Å². The molecule has 1 N–H and O–H groups in total. The maximum absolute atomic E-state index is 4.80. The lowest BCUT2D eigenvalue weighted by molar-refractivity contribution is 0.554. The van der Waals surface area contributed by atoms with Crippen molar-refractivity contribution in [2.45, 2.75) is 59.3 Å². The number of aromatic amines is 1. The summed E-state index contributed by atoms with van der Waals surface area (Å²) in [5.41, 5.74) is 5.17. The fourth-order valence-corrected chi connectivity index (χ4v) is 2.38. The summed E-state index contributed by atoms with van der Waals surface area (Å²) in [7, 11) is 0. The second-order valence-electron chi connectivity index (χ2n) is 7.22. The van der Waals surface area contributed by atoms with Crippen molar-refractivity contribution in [2.24, 2.45) is 0 Å². The van der Waals surface area contributed by atoms with E-state index in [1.807, 2.05) is 0 Å². The van der Waals surface area contributed by atoms with E-state index in [-0.39, 0.29) is 10.8 Å². The first-order valence-electron chi connectivity index (χ1n) is 6.61. The smallest absolute Gasteiger partial charge is 0.112 e. The van der Waals surface area contributed by atoms with E-state index in [0.29, 0.717) is 0 Å². The average molecular weight is 244 g/mol. The van der Waals surface area contributed by atoms with Crippen molar-refractivity contribution < 1.29 is 0 Å². The Bertz CT molecular complexity index is 577. The Morgan fingerprint density at radius 1 is 0.944 bits per heavy atom. The molecule has 0 amide bonds. The fraction of sp³-hybridized carbons (Fsp3) is 0.562. The van der Waals surface area contributed by atoms with Crippen LogP contribution in [0.2, 0.25) is 0 Å². The minimum atomic E-state index is 0.0629. The van der Waals surface area contributed by atoms with E-state index in [9.17, 15) is 0 Å². The lowest BCUT2D eigenvalue weighted by atomic mass is 9.84. The Morgan fingerprint density at radius 3 is 2.06 bits per heavy atom. The number of benzene rings is 1. The number of rotatable bonds is 0. The number of nitrogens with one attached hydrogen (secondary N) is 1. The van der Waals surface area contributed by atoms with Gasteiger partial charge in [-0.25, -0.2) is 4.98 Å². The zero-order chi connectivity index (χ0) is 13.7. The van der Waals surface area contributed by atoms with Crippen molar-refractivity contribution in [3.63, 3.8) is 0 Å². The van der Waals surface area contributed by atoms with Crippen LogP contribution < -0.4 is 0 Å². The Morgan fingerprint density at radius 2 is 1.56 bits per heavy atom. The number of fused-ring (bicyclic) bond motifs is 1. The van der Waals surface area contributed by atoms with Crippen LogP contribution >= 0.6 is 0 Å². The van der Waals surface area contributed by atoms with Gasteiger partial charge in [0.1, 0.15) is 5.82 Å². The molecule has 2 nitrogen and oxygen atoms in total. The Balaban J connectivity index is 2.69. The van der Waals surface area contributed by atoms with Crippen molar-refractivity contribution >= 4 is 11.0 Å². The normalized spacial score (nSPS) is 13.3. The summed E-state index contributed by atoms with van der Waals surface area (Å²) in [5.74, 6) is 1.06. The minimum absolute atomic E-state index is 0.0629. The maximum atomic E-state index is 4.80. The first-order chi connectivity index (χ1) is 8.10. The Hall–Kier alpha value is -1.31. The zero-order valence-corrected chi connectivity index (χ0v) is 12.6. The summed E-state index contributed by atoms with van der Waals surface area (Å²) in [6.45, 7) is 15.5. The Kier molecular flexibility index (Phi) is 2.80. The van der Waals surface area contributed by atoms with E-state index in [1.54, 1.807) is 0 Å². The molecule has 0 aliphatic heterocycles. The van der Waals surface area contributed by atoms with Crippen LogP contribution in [0.15, 0.2) is 12.1 Å². The van der Waals surface area contributed by atoms with Gasteiger partial charge < -0.3 is 4.98 Å². The van der Waals surface area contributed by atoms with Gasteiger partial charge in [-0.05, 0) is 29.5 Å². The number of aromatic nitrogens is 2. The summed E-state index contributed by atoms with van der Waals surface area (Å²) in [6.07, 6.45) is 0. The second-order valence-corrected chi connectivity index (χ2v) is 7.22. The van der Waals surface area contributed by atoms with Gasteiger partial charge in [0.25, 0.3) is 0 Å². The van der Waals surface area contributed by atoms with Crippen molar-refractivity contribution in [1.82, 2.24) is 9.97 Å². The van der Waals surface area contributed by atoms with Crippen LogP contribution in [-0.2, 0) is 10.8 Å². The molecule has 0 bridgehead atoms. The number of H-pyrrole nitrogens is 1. The van der Waals surface area contributed by atoms with Crippen LogP contribution in [-0.4, -0.2) is 9.97 Å². The molecule has 0 aliphatic rings. The number of hydrogen-bond acceptors (Lipinski definition) is 1. The highest BCUT2D eigenvalue weighted by atomic mass is 14.9. The van der Waals surface area contributed by atoms with Gasteiger partial charge in [0.2, 0.25) is 0 Å². The number of aryl methyl sites for hydroxylation is 1. The number of hydrogen-bond donors (Lipinski definition) is 1. The van der Waals surface area contributed by atoms with Gasteiger partial charge in [-0.1, -0.05) is 47.6 Å². The molecule has 0 unspecified atom stereocenters. The van der Waals surface area contributed by atoms with Gasteiger partial charge in [0, 0.05) is 5.41 Å². The molecular weight excluding hydrogens is 220 g/mol. The van der Waals surface area contributed by atoms with Crippen LogP contribution in [0.5, 0.6) is 0 Å².